The summed E-state index contributed by atoms with van der Waals surface area (Å²) in [5, 5.41) is 10.0. The molecule has 0 spiro atoms. The van der Waals surface area contributed by atoms with Crippen LogP contribution in [0.4, 0.5) is 0 Å². The zero-order valence-electron chi connectivity index (χ0n) is 16.5. The average molecular weight is 380 g/mol. The van der Waals surface area contributed by atoms with Crippen LogP contribution in [-0.4, -0.2) is 64.1 Å². The molecule has 2 aromatic rings. The number of rotatable bonds is 4. The fraction of sp³-hybridized carbons (Fsp3) is 0.478. The van der Waals surface area contributed by atoms with Crippen LogP contribution in [0.25, 0.3) is 11.1 Å². The molecule has 1 amide bonds. The Morgan fingerprint density at radius 3 is 2.61 bits per heavy atom. The Balaban J connectivity index is 1.57. The van der Waals surface area contributed by atoms with Crippen molar-refractivity contribution >= 4 is 5.91 Å². The molecule has 2 saturated heterocycles. The summed E-state index contributed by atoms with van der Waals surface area (Å²) in [7, 11) is 0. The van der Waals surface area contributed by atoms with E-state index in [4.69, 9.17) is 0 Å². The zero-order chi connectivity index (χ0) is 19.5. The quantitative estimate of drug-likeness (QED) is 0.887. The van der Waals surface area contributed by atoms with Crippen molar-refractivity contribution in [3.63, 3.8) is 0 Å². The van der Waals surface area contributed by atoms with Crippen molar-refractivity contribution in [1.82, 2.24) is 14.8 Å². The van der Waals surface area contributed by atoms with E-state index in [1.807, 2.05) is 24.1 Å². The van der Waals surface area contributed by atoms with Crippen molar-refractivity contribution in [3.8, 4) is 11.1 Å². The van der Waals surface area contributed by atoms with Crippen molar-refractivity contribution in [2.45, 2.75) is 44.2 Å². The van der Waals surface area contributed by atoms with Crippen LogP contribution in [0.5, 0.6) is 0 Å². The van der Waals surface area contributed by atoms with Crippen molar-refractivity contribution in [1.29, 1.82) is 0 Å². The molecule has 0 saturated carbocycles. The fourth-order valence-electron chi connectivity index (χ4n) is 4.82. The minimum atomic E-state index is 0.144. The number of amides is 1. The van der Waals surface area contributed by atoms with Gasteiger partial charge in [0.1, 0.15) is 0 Å². The fourth-order valence-corrected chi connectivity index (χ4v) is 4.82. The number of pyridine rings is 1. The summed E-state index contributed by atoms with van der Waals surface area (Å²) >= 11 is 0. The summed E-state index contributed by atoms with van der Waals surface area (Å²) in [6, 6.07) is 13.1. The summed E-state index contributed by atoms with van der Waals surface area (Å²) in [6.07, 6.45) is 6.33. The molecular formula is C23H29N3O2. The van der Waals surface area contributed by atoms with E-state index >= 15 is 0 Å². The molecule has 1 N–H and O–H groups in total. The van der Waals surface area contributed by atoms with Gasteiger partial charge in [0.25, 0.3) is 0 Å². The van der Waals surface area contributed by atoms with Crippen LogP contribution in [0.1, 0.15) is 37.7 Å². The summed E-state index contributed by atoms with van der Waals surface area (Å²) in [5.41, 5.74) is 3.50. The Morgan fingerprint density at radius 1 is 1.14 bits per heavy atom. The van der Waals surface area contributed by atoms with Gasteiger partial charge in [-0.1, -0.05) is 37.3 Å². The number of carbonyl (C=O) groups excluding carboxylic acids is 1. The summed E-state index contributed by atoms with van der Waals surface area (Å²) in [6.45, 7) is 4.72. The predicted octanol–water partition coefficient (Wildman–Crippen LogP) is 2.91. The number of hydrogen-bond acceptors (Lipinski definition) is 4. The molecule has 28 heavy (non-hydrogen) atoms. The topological polar surface area (TPSA) is 56.7 Å². The number of fused-ring (bicyclic) bond motifs is 1. The first kappa shape index (κ1) is 19.1. The summed E-state index contributed by atoms with van der Waals surface area (Å²) in [5.74, 6) is 0.498. The van der Waals surface area contributed by atoms with Gasteiger partial charge in [-0.3, -0.25) is 14.7 Å². The second-order valence-corrected chi connectivity index (χ2v) is 7.85. The Kier molecular flexibility index (Phi) is 5.74. The third kappa shape index (κ3) is 3.56. The van der Waals surface area contributed by atoms with E-state index in [1.54, 1.807) is 6.20 Å². The molecule has 0 aliphatic carbocycles. The molecule has 0 unspecified atom stereocenters. The van der Waals surface area contributed by atoms with Gasteiger partial charge in [-0.15, -0.1) is 0 Å². The first-order chi connectivity index (χ1) is 13.7. The lowest BCUT2D eigenvalue weighted by molar-refractivity contribution is -0.136. The molecule has 3 heterocycles. The highest BCUT2D eigenvalue weighted by Crippen LogP contribution is 2.42. The van der Waals surface area contributed by atoms with Crippen LogP contribution in [0, 0.1) is 0 Å². The van der Waals surface area contributed by atoms with Crippen molar-refractivity contribution in [2.75, 3.05) is 26.2 Å². The van der Waals surface area contributed by atoms with E-state index < -0.39 is 0 Å². The molecule has 1 aromatic heterocycles. The van der Waals surface area contributed by atoms with Gasteiger partial charge in [-0.2, -0.15) is 0 Å². The Hall–Kier alpha value is -2.24. The molecule has 0 bridgehead atoms. The molecule has 2 aliphatic rings. The molecule has 1 aromatic carbocycles. The first-order valence-corrected chi connectivity index (χ1v) is 10.4. The van der Waals surface area contributed by atoms with Gasteiger partial charge in [-0.05, 0) is 42.1 Å². The highest BCUT2D eigenvalue weighted by Gasteiger charge is 2.49. The van der Waals surface area contributed by atoms with Crippen molar-refractivity contribution < 1.29 is 9.90 Å². The molecule has 148 valence electrons. The first-order valence-electron chi connectivity index (χ1n) is 10.4. The maximum Gasteiger partial charge on any atom is 0.222 e. The van der Waals surface area contributed by atoms with Crippen molar-refractivity contribution in [3.05, 3.63) is 54.4 Å². The second kappa shape index (κ2) is 8.41. The minimum Gasteiger partial charge on any atom is -0.395 e. The maximum atomic E-state index is 12.4. The molecule has 5 nitrogen and oxygen atoms in total. The Morgan fingerprint density at radius 2 is 1.93 bits per heavy atom. The SMILES string of the molecule is CCC(=O)N1CCCCN2[C@H](C1)[C@@H](c1ccc(-c3cccnc3)cc1)[C@@H]2CO. The van der Waals surface area contributed by atoms with E-state index in [2.05, 4.69) is 40.2 Å². The smallest absolute Gasteiger partial charge is 0.222 e. The normalized spacial score (nSPS) is 25.4. The van der Waals surface area contributed by atoms with Crippen LogP contribution >= 0.6 is 0 Å². The summed E-state index contributed by atoms with van der Waals surface area (Å²) < 4.78 is 0. The highest BCUT2D eigenvalue weighted by molar-refractivity contribution is 5.76. The van der Waals surface area contributed by atoms with Gasteiger partial charge < -0.3 is 10.0 Å². The molecular weight excluding hydrogens is 350 g/mol. The third-order valence-electron chi connectivity index (χ3n) is 6.32. The van der Waals surface area contributed by atoms with Gasteiger partial charge in [0.05, 0.1) is 6.61 Å². The number of aliphatic hydroxyl groups is 1. The zero-order valence-corrected chi connectivity index (χ0v) is 16.5. The number of nitrogens with zero attached hydrogens (tertiary/aromatic N) is 3. The molecule has 4 rings (SSSR count). The van der Waals surface area contributed by atoms with E-state index in [1.165, 1.54) is 5.56 Å². The van der Waals surface area contributed by atoms with Gasteiger partial charge in [0.2, 0.25) is 5.91 Å². The Labute approximate surface area is 167 Å². The standard InChI is InChI=1S/C23H29N3O2/c1-2-22(28)25-12-3-4-13-26-20(15-25)23(21(26)16-27)18-9-7-17(8-10-18)19-6-5-11-24-14-19/h5-11,14,20-21,23,27H,2-4,12-13,15-16H2,1H3/t20-,21+,23-/m1/s1. The lowest BCUT2D eigenvalue weighted by Crippen LogP contribution is -2.67. The minimum absolute atomic E-state index is 0.144. The molecule has 5 heteroatoms. The number of carbonyl (C=O) groups is 1. The van der Waals surface area contributed by atoms with Gasteiger partial charge in [0.15, 0.2) is 0 Å². The largest absolute Gasteiger partial charge is 0.395 e. The van der Waals surface area contributed by atoms with Gasteiger partial charge in [0, 0.05) is 49.9 Å². The van der Waals surface area contributed by atoms with Crippen molar-refractivity contribution in [2.24, 2.45) is 0 Å². The Bertz CT molecular complexity index is 793. The van der Waals surface area contributed by atoms with Crippen LogP contribution in [-0.2, 0) is 4.79 Å². The lowest BCUT2D eigenvalue weighted by atomic mass is 9.74. The molecule has 2 aliphatic heterocycles. The summed E-state index contributed by atoms with van der Waals surface area (Å²) in [4.78, 5) is 21.0. The molecule has 3 atom stereocenters. The van der Waals surface area contributed by atoms with E-state index in [-0.39, 0.29) is 30.5 Å². The highest BCUT2D eigenvalue weighted by atomic mass is 16.3. The van der Waals surface area contributed by atoms with E-state index in [0.29, 0.717) is 6.42 Å². The second-order valence-electron chi connectivity index (χ2n) is 7.85. The van der Waals surface area contributed by atoms with E-state index in [0.717, 1.165) is 43.6 Å². The number of aliphatic hydroxyl groups excluding tert-OH is 1. The van der Waals surface area contributed by atoms with Gasteiger partial charge in [-0.25, -0.2) is 0 Å². The molecule has 0 radical (unpaired) electrons. The number of aromatic nitrogens is 1. The van der Waals surface area contributed by atoms with Crippen LogP contribution in [0.15, 0.2) is 48.8 Å². The number of benzene rings is 1. The van der Waals surface area contributed by atoms with Crippen LogP contribution in [0.3, 0.4) is 0 Å². The average Bonchev–Trinajstić information content (AvgIpc) is 2.73. The predicted molar refractivity (Wildman–Crippen MR) is 110 cm³/mol. The monoisotopic (exact) mass is 379 g/mol. The van der Waals surface area contributed by atoms with Crippen LogP contribution in [0.2, 0.25) is 0 Å². The molecule has 2 fully saturated rings. The lowest BCUT2D eigenvalue weighted by Gasteiger charge is -2.57. The number of hydrogen-bond donors (Lipinski definition) is 1. The third-order valence-corrected chi connectivity index (χ3v) is 6.32. The van der Waals surface area contributed by atoms with Gasteiger partial charge >= 0.3 is 0 Å². The van der Waals surface area contributed by atoms with E-state index in [9.17, 15) is 9.90 Å². The van der Waals surface area contributed by atoms with Crippen LogP contribution < -0.4 is 0 Å². The maximum absolute atomic E-state index is 12.4.